The van der Waals surface area contributed by atoms with E-state index in [1.165, 1.54) is 16.8 Å². The van der Waals surface area contributed by atoms with Gasteiger partial charge in [0.05, 0.1) is 6.04 Å². The lowest BCUT2D eigenvalue weighted by atomic mass is 10.0. The second-order valence-electron chi connectivity index (χ2n) is 6.50. The summed E-state index contributed by atoms with van der Waals surface area (Å²) in [6.07, 6.45) is 2.31. The Morgan fingerprint density at radius 1 is 1.00 bits per heavy atom. The van der Waals surface area contributed by atoms with Crippen molar-refractivity contribution in [1.82, 2.24) is 4.90 Å². The van der Waals surface area contributed by atoms with Gasteiger partial charge in [-0.05, 0) is 30.0 Å². The number of rotatable bonds is 3. The summed E-state index contributed by atoms with van der Waals surface area (Å²) in [5.74, 6) is 1.02. The van der Waals surface area contributed by atoms with Gasteiger partial charge in [0.1, 0.15) is 0 Å². The number of fused-ring (bicyclic) bond motifs is 1. The molecule has 1 N–H and O–H groups in total. The van der Waals surface area contributed by atoms with Crippen LogP contribution in [0.3, 0.4) is 0 Å². The SMILES string of the molecule is c1ccc(CN2CCC(N=C3Nc4ccccc4CS3)CC2)cc1. The van der Waals surface area contributed by atoms with E-state index >= 15 is 0 Å². The first-order chi connectivity index (χ1) is 11.9. The van der Waals surface area contributed by atoms with Crippen LogP contribution in [0.25, 0.3) is 0 Å². The first-order valence-electron chi connectivity index (χ1n) is 8.68. The van der Waals surface area contributed by atoms with E-state index in [9.17, 15) is 0 Å². The number of amidine groups is 1. The molecule has 4 rings (SSSR count). The molecule has 0 saturated carbocycles. The molecular weight excluding hydrogens is 314 g/mol. The zero-order valence-corrected chi connectivity index (χ0v) is 14.6. The third-order valence-electron chi connectivity index (χ3n) is 4.73. The first-order valence-corrected chi connectivity index (χ1v) is 9.67. The fourth-order valence-corrected chi connectivity index (χ4v) is 4.30. The van der Waals surface area contributed by atoms with Gasteiger partial charge in [-0.25, -0.2) is 0 Å². The highest BCUT2D eigenvalue weighted by Crippen LogP contribution is 2.29. The van der Waals surface area contributed by atoms with Crippen LogP contribution in [-0.2, 0) is 12.3 Å². The Kier molecular flexibility index (Phi) is 4.86. The van der Waals surface area contributed by atoms with Crippen molar-refractivity contribution in [2.45, 2.75) is 31.2 Å². The third-order valence-corrected chi connectivity index (χ3v) is 5.67. The molecule has 0 bridgehead atoms. The van der Waals surface area contributed by atoms with Crippen LogP contribution in [0.15, 0.2) is 59.6 Å². The molecule has 2 aliphatic rings. The van der Waals surface area contributed by atoms with E-state index in [0.717, 1.165) is 43.4 Å². The second-order valence-corrected chi connectivity index (χ2v) is 7.46. The molecule has 0 unspecified atom stereocenters. The lowest BCUT2D eigenvalue weighted by Crippen LogP contribution is -2.35. The topological polar surface area (TPSA) is 27.6 Å². The molecule has 1 fully saturated rings. The van der Waals surface area contributed by atoms with Gasteiger partial charge in [-0.2, -0.15) is 0 Å². The largest absolute Gasteiger partial charge is 0.335 e. The predicted molar refractivity (Wildman–Crippen MR) is 104 cm³/mol. The van der Waals surface area contributed by atoms with Crippen molar-refractivity contribution in [3.05, 3.63) is 65.7 Å². The van der Waals surface area contributed by atoms with Gasteiger partial charge < -0.3 is 5.32 Å². The molecule has 3 nitrogen and oxygen atoms in total. The van der Waals surface area contributed by atoms with E-state index in [2.05, 4.69) is 64.8 Å². The fourth-order valence-electron chi connectivity index (χ4n) is 3.35. The maximum Gasteiger partial charge on any atom is 0.161 e. The molecule has 4 heteroatoms. The van der Waals surface area contributed by atoms with Crippen molar-refractivity contribution in [3.8, 4) is 0 Å². The molecule has 0 amide bonds. The summed E-state index contributed by atoms with van der Waals surface area (Å²) in [7, 11) is 0. The minimum atomic E-state index is 0.456. The van der Waals surface area contributed by atoms with Crippen LogP contribution in [-0.4, -0.2) is 29.2 Å². The molecule has 0 aromatic heterocycles. The number of benzene rings is 2. The van der Waals surface area contributed by atoms with Gasteiger partial charge >= 0.3 is 0 Å². The number of nitrogens with zero attached hydrogens (tertiary/aromatic N) is 2. The first kappa shape index (κ1) is 15.7. The number of hydrogen-bond donors (Lipinski definition) is 1. The van der Waals surface area contributed by atoms with Crippen LogP contribution in [0.1, 0.15) is 24.0 Å². The van der Waals surface area contributed by atoms with E-state index in [1.54, 1.807) is 0 Å². The van der Waals surface area contributed by atoms with Gasteiger partial charge in [-0.1, -0.05) is 60.3 Å². The van der Waals surface area contributed by atoms with E-state index in [0.29, 0.717) is 6.04 Å². The molecule has 2 heterocycles. The Balaban J connectivity index is 1.32. The highest BCUT2D eigenvalue weighted by atomic mass is 32.2. The quantitative estimate of drug-likeness (QED) is 0.901. The number of likely N-dealkylation sites (tertiary alicyclic amines) is 1. The van der Waals surface area contributed by atoms with Gasteiger partial charge in [0.15, 0.2) is 5.17 Å². The van der Waals surface area contributed by atoms with Crippen molar-refractivity contribution >= 4 is 22.6 Å². The predicted octanol–water partition coefficient (Wildman–Crippen LogP) is 4.37. The van der Waals surface area contributed by atoms with Crippen molar-refractivity contribution in [3.63, 3.8) is 0 Å². The molecule has 0 radical (unpaired) electrons. The second kappa shape index (κ2) is 7.41. The summed E-state index contributed by atoms with van der Waals surface area (Å²) in [5.41, 5.74) is 4.00. The van der Waals surface area contributed by atoms with Gasteiger partial charge in [0.2, 0.25) is 0 Å². The van der Waals surface area contributed by atoms with Gasteiger partial charge in [-0.3, -0.25) is 9.89 Å². The van der Waals surface area contributed by atoms with E-state index in [-0.39, 0.29) is 0 Å². The van der Waals surface area contributed by atoms with E-state index in [1.807, 2.05) is 11.8 Å². The highest BCUT2D eigenvalue weighted by molar-refractivity contribution is 8.13. The Hall–Kier alpha value is -1.78. The number of anilines is 1. The minimum absolute atomic E-state index is 0.456. The summed E-state index contributed by atoms with van der Waals surface area (Å²) in [5, 5.41) is 4.59. The fraction of sp³-hybridized carbons (Fsp3) is 0.350. The van der Waals surface area contributed by atoms with Crippen LogP contribution in [0.4, 0.5) is 5.69 Å². The molecule has 2 aliphatic heterocycles. The average molecular weight is 337 g/mol. The molecule has 124 valence electrons. The van der Waals surface area contributed by atoms with Crippen molar-refractivity contribution < 1.29 is 0 Å². The summed E-state index contributed by atoms with van der Waals surface area (Å²) < 4.78 is 0. The molecule has 24 heavy (non-hydrogen) atoms. The summed E-state index contributed by atoms with van der Waals surface area (Å²) in [4.78, 5) is 7.52. The normalized spacial score (nSPS) is 20.6. The van der Waals surface area contributed by atoms with Crippen LogP contribution < -0.4 is 5.32 Å². The minimum Gasteiger partial charge on any atom is -0.335 e. The Bertz CT molecular complexity index is 706. The molecule has 2 aromatic carbocycles. The van der Waals surface area contributed by atoms with E-state index < -0.39 is 0 Å². The number of nitrogens with one attached hydrogen (secondary N) is 1. The smallest absolute Gasteiger partial charge is 0.161 e. The number of hydrogen-bond acceptors (Lipinski definition) is 3. The number of aliphatic imine (C=N–C) groups is 1. The number of thioether (sulfide) groups is 1. The van der Waals surface area contributed by atoms with Crippen LogP contribution >= 0.6 is 11.8 Å². The molecule has 1 saturated heterocycles. The number of piperidine rings is 1. The monoisotopic (exact) mass is 337 g/mol. The van der Waals surface area contributed by atoms with Crippen LogP contribution in [0.5, 0.6) is 0 Å². The van der Waals surface area contributed by atoms with Crippen molar-refractivity contribution in [1.29, 1.82) is 0 Å². The van der Waals surface area contributed by atoms with E-state index in [4.69, 9.17) is 4.99 Å². The lowest BCUT2D eigenvalue weighted by molar-refractivity contribution is 0.206. The molecule has 0 spiro atoms. The van der Waals surface area contributed by atoms with Crippen LogP contribution in [0, 0.1) is 0 Å². The summed E-state index contributed by atoms with van der Waals surface area (Å²) >= 11 is 1.83. The van der Waals surface area contributed by atoms with Gasteiger partial charge in [0.25, 0.3) is 0 Å². The number of para-hydroxylation sites is 1. The summed E-state index contributed by atoms with van der Waals surface area (Å²) in [6.45, 7) is 3.33. The Morgan fingerprint density at radius 2 is 1.75 bits per heavy atom. The molecule has 2 aromatic rings. The zero-order chi connectivity index (χ0) is 16.2. The lowest BCUT2D eigenvalue weighted by Gasteiger charge is -2.31. The standard InChI is InChI=1S/C20H23N3S/c1-2-6-16(7-3-1)14-23-12-10-18(11-13-23)21-20-22-19-9-5-4-8-17(19)15-24-20/h1-9,18H,10-15H2,(H,21,22). The zero-order valence-electron chi connectivity index (χ0n) is 13.8. The van der Waals surface area contributed by atoms with Crippen LogP contribution in [0.2, 0.25) is 0 Å². The van der Waals surface area contributed by atoms with Gasteiger partial charge in [-0.15, -0.1) is 0 Å². The average Bonchev–Trinajstić information content (AvgIpc) is 2.64. The van der Waals surface area contributed by atoms with Crippen molar-refractivity contribution in [2.75, 3.05) is 18.4 Å². The molecular formula is C20H23N3S. The molecule has 0 atom stereocenters. The molecule has 0 aliphatic carbocycles. The summed E-state index contributed by atoms with van der Waals surface area (Å²) in [6, 6.07) is 19.7. The van der Waals surface area contributed by atoms with Crippen molar-refractivity contribution in [2.24, 2.45) is 4.99 Å². The highest BCUT2D eigenvalue weighted by Gasteiger charge is 2.21. The maximum atomic E-state index is 4.98. The maximum absolute atomic E-state index is 4.98. The van der Waals surface area contributed by atoms with Gasteiger partial charge in [0, 0.05) is 31.1 Å². The Labute approximate surface area is 148 Å². The Morgan fingerprint density at radius 3 is 2.58 bits per heavy atom. The third kappa shape index (κ3) is 3.82.